The topological polar surface area (TPSA) is 81.4 Å². The van der Waals surface area contributed by atoms with Gasteiger partial charge < -0.3 is 14.5 Å². The van der Waals surface area contributed by atoms with E-state index in [0.717, 1.165) is 26.6 Å². The van der Waals surface area contributed by atoms with E-state index in [1.165, 1.54) is 11.8 Å². The van der Waals surface area contributed by atoms with Crippen molar-refractivity contribution < 1.29 is 18.7 Å². The van der Waals surface area contributed by atoms with Crippen LogP contribution in [-0.4, -0.2) is 23.5 Å². The Morgan fingerprint density at radius 2 is 1.97 bits per heavy atom. The second kappa shape index (κ2) is 10.0. The van der Waals surface area contributed by atoms with Gasteiger partial charge in [-0.15, -0.1) is 23.1 Å². The van der Waals surface area contributed by atoms with E-state index in [0.29, 0.717) is 17.1 Å². The quantitative estimate of drug-likeness (QED) is 0.272. The number of aryl methyl sites for hydroxylation is 1. The number of hydrogen-bond donors (Lipinski definition) is 1. The molecule has 2 aromatic carbocycles. The van der Waals surface area contributed by atoms with Crippen LogP contribution in [0.3, 0.4) is 0 Å². The van der Waals surface area contributed by atoms with Crippen LogP contribution >= 0.6 is 23.1 Å². The fourth-order valence-corrected chi connectivity index (χ4v) is 4.82. The maximum absolute atomic E-state index is 12.6. The van der Waals surface area contributed by atoms with E-state index >= 15 is 0 Å². The third kappa shape index (κ3) is 5.38. The highest BCUT2D eigenvalue weighted by Gasteiger charge is 2.18. The van der Waals surface area contributed by atoms with Crippen molar-refractivity contribution in [2.24, 2.45) is 0 Å². The summed E-state index contributed by atoms with van der Waals surface area (Å²) in [7, 11) is 0. The number of nitrogens with one attached hydrogen (secondary N) is 1. The largest absolute Gasteiger partial charge is 0.459 e. The molecule has 0 radical (unpaired) electrons. The standard InChI is InChI=1S/C24H22N2O4S2/c1-15(21-11-17-7-3-5-9-20(17)30-21)25-23(27)12-29-24(28)19-8-4-6-10-22(19)32-14-18-13-31-16(2)26-18/h3-11,13,15H,12,14H2,1-2H3,(H,25,27). The number of furan rings is 1. The minimum Gasteiger partial charge on any atom is -0.459 e. The van der Waals surface area contributed by atoms with Gasteiger partial charge in [-0.2, -0.15) is 0 Å². The minimum atomic E-state index is -0.533. The first-order valence-electron chi connectivity index (χ1n) is 10.1. The zero-order valence-electron chi connectivity index (χ0n) is 17.7. The van der Waals surface area contributed by atoms with Crippen molar-refractivity contribution in [3.63, 3.8) is 0 Å². The minimum absolute atomic E-state index is 0.349. The van der Waals surface area contributed by atoms with E-state index in [1.807, 2.05) is 61.7 Å². The number of carbonyl (C=O) groups is 2. The average Bonchev–Trinajstić information content (AvgIpc) is 3.42. The lowest BCUT2D eigenvalue weighted by molar-refractivity contribution is -0.125. The van der Waals surface area contributed by atoms with Crippen molar-refractivity contribution in [1.82, 2.24) is 10.3 Å². The molecule has 0 aliphatic carbocycles. The fourth-order valence-electron chi connectivity index (χ4n) is 3.17. The Morgan fingerprint density at radius 1 is 1.19 bits per heavy atom. The van der Waals surface area contributed by atoms with Crippen LogP contribution in [0.25, 0.3) is 11.0 Å². The van der Waals surface area contributed by atoms with E-state index in [2.05, 4.69) is 10.3 Å². The molecule has 164 valence electrons. The highest BCUT2D eigenvalue weighted by atomic mass is 32.2. The lowest BCUT2D eigenvalue weighted by atomic mass is 10.2. The van der Waals surface area contributed by atoms with Crippen molar-refractivity contribution in [1.29, 1.82) is 0 Å². The number of aromatic nitrogens is 1. The molecule has 0 fully saturated rings. The summed E-state index contributed by atoms with van der Waals surface area (Å²) >= 11 is 3.11. The number of hydrogen-bond acceptors (Lipinski definition) is 7. The number of ether oxygens (including phenoxy) is 1. The Labute approximate surface area is 194 Å². The lowest BCUT2D eigenvalue weighted by Crippen LogP contribution is -2.31. The van der Waals surface area contributed by atoms with Gasteiger partial charge in [0.25, 0.3) is 5.91 Å². The number of nitrogens with zero attached hydrogens (tertiary/aromatic N) is 1. The monoisotopic (exact) mass is 466 g/mol. The highest BCUT2D eigenvalue weighted by molar-refractivity contribution is 7.98. The second-order valence-electron chi connectivity index (χ2n) is 7.19. The molecule has 1 unspecified atom stereocenters. The van der Waals surface area contributed by atoms with Crippen molar-refractivity contribution in [3.05, 3.63) is 82.0 Å². The normalized spacial score (nSPS) is 11.9. The summed E-state index contributed by atoms with van der Waals surface area (Å²) in [6, 6.07) is 16.4. The Balaban J connectivity index is 1.32. The van der Waals surface area contributed by atoms with Crippen LogP contribution in [-0.2, 0) is 15.3 Å². The van der Waals surface area contributed by atoms with Gasteiger partial charge in [0.1, 0.15) is 11.3 Å². The molecule has 0 saturated heterocycles. The van der Waals surface area contributed by atoms with E-state index in [-0.39, 0.29) is 12.6 Å². The number of thioether (sulfide) groups is 1. The van der Waals surface area contributed by atoms with Crippen LogP contribution in [0.15, 0.2) is 69.3 Å². The average molecular weight is 467 g/mol. The highest BCUT2D eigenvalue weighted by Crippen LogP contribution is 2.27. The Morgan fingerprint density at radius 3 is 2.75 bits per heavy atom. The Bertz CT molecular complexity index is 1210. The van der Waals surface area contributed by atoms with Crippen LogP contribution in [0.2, 0.25) is 0 Å². The van der Waals surface area contributed by atoms with Gasteiger partial charge in [-0.3, -0.25) is 4.79 Å². The van der Waals surface area contributed by atoms with Crippen LogP contribution in [0, 0.1) is 6.92 Å². The molecular formula is C24H22N2O4S2. The molecular weight excluding hydrogens is 444 g/mol. The van der Waals surface area contributed by atoms with Crippen LogP contribution in [0.5, 0.6) is 0 Å². The van der Waals surface area contributed by atoms with Crippen molar-refractivity contribution in [3.8, 4) is 0 Å². The number of benzene rings is 2. The number of amides is 1. The van der Waals surface area contributed by atoms with Gasteiger partial charge in [-0.25, -0.2) is 9.78 Å². The van der Waals surface area contributed by atoms with E-state index < -0.39 is 11.9 Å². The Kier molecular flexibility index (Phi) is 6.92. The SMILES string of the molecule is Cc1nc(CSc2ccccc2C(=O)OCC(=O)NC(C)c2cc3ccccc3o2)cs1. The summed E-state index contributed by atoms with van der Waals surface area (Å²) in [5, 5.41) is 6.80. The number of esters is 1. The molecule has 1 N–H and O–H groups in total. The van der Waals surface area contributed by atoms with Gasteiger partial charge in [0.2, 0.25) is 0 Å². The molecule has 32 heavy (non-hydrogen) atoms. The van der Waals surface area contributed by atoms with E-state index in [4.69, 9.17) is 9.15 Å². The van der Waals surface area contributed by atoms with Crippen LogP contribution in [0.1, 0.15) is 39.8 Å². The predicted octanol–water partition coefficient (Wildman–Crippen LogP) is 5.52. The van der Waals surface area contributed by atoms with Gasteiger partial charge >= 0.3 is 5.97 Å². The smallest absolute Gasteiger partial charge is 0.339 e. The number of rotatable bonds is 8. The van der Waals surface area contributed by atoms with Crippen molar-refractivity contribution in [2.75, 3.05) is 6.61 Å². The molecule has 1 atom stereocenters. The number of carbonyl (C=O) groups excluding carboxylic acids is 2. The summed E-state index contributed by atoms with van der Waals surface area (Å²) < 4.78 is 11.1. The van der Waals surface area contributed by atoms with Crippen LogP contribution < -0.4 is 5.32 Å². The molecule has 0 aliphatic heterocycles. The number of thiazole rings is 1. The second-order valence-corrected chi connectivity index (χ2v) is 9.27. The first-order valence-corrected chi connectivity index (χ1v) is 11.9. The van der Waals surface area contributed by atoms with Crippen molar-refractivity contribution in [2.45, 2.75) is 30.5 Å². The van der Waals surface area contributed by atoms with E-state index in [9.17, 15) is 9.59 Å². The van der Waals surface area contributed by atoms with Crippen LogP contribution in [0.4, 0.5) is 0 Å². The molecule has 8 heteroatoms. The van der Waals surface area contributed by atoms with Gasteiger partial charge in [0.05, 0.1) is 22.3 Å². The van der Waals surface area contributed by atoms with Gasteiger partial charge in [0, 0.05) is 21.4 Å². The van der Waals surface area contributed by atoms with Gasteiger partial charge in [-0.05, 0) is 38.1 Å². The summed E-state index contributed by atoms with van der Waals surface area (Å²) in [5.74, 6) is 0.373. The first-order chi connectivity index (χ1) is 15.5. The maximum atomic E-state index is 12.6. The molecule has 6 nitrogen and oxygen atoms in total. The number of fused-ring (bicyclic) bond motifs is 1. The molecule has 0 saturated carbocycles. The maximum Gasteiger partial charge on any atom is 0.339 e. The molecule has 4 aromatic rings. The lowest BCUT2D eigenvalue weighted by Gasteiger charge is -2.12. The first kappa shape index (κ1) is 22.1. The molecule has 0 spiro atoms. The molecule has 0 aliphatic rings. The fraction of sp³-hybridized carbons (Fsp3) is 0.208. The third-order valence-electron chi connectivity index (χ3n) is 4.73. The van der Waals surface area contributed by atoms with Gasteiger partial charge in [-0.1, -0.05) is 30.3 Å². The predicted molar refractivity (Wildman–Crippen MR) is 126 cm³/mol. The zero-order valence-corrected chi connectivity index (χ0v) is 19.3. The van der Waals surface area contributed by atoms with E-state index in [1.54, 1.807) is 23.5 Å². The van der Waals surface area contributed by atoms with Crippen molar-refractivity contribution >= 4 is 45.9 Å². The summed E-state index contributed by atoms with van der Waals surface area (Å²) in [6.07, 6.45) is 0. The summed E-state index contributed by atoms with van der Waals surface area (Å²) in [6.45, 7) is 3.42. The molecule has 4 rings (SSSR count). The zero-order chi connectivity index (χ0) is 22.5. The summed E-state index contributed by atoms with van der Waals surface area (Å²) in [5.41, 5.74) is 2.17. The number of para-hydroxylation sites is 1. The molecule has 2 heterocycles. The third-order valence-corrected chi connectivity index (χ3v) is 6.66. The van der Waals surface area contributed by atoms with Gasteiger partial charge in [0.15, 0.2) is 6.61 Å². The molecule has 2 aromatic heterocycles. The molecule has 0 bridgehead atoms. The Hall–Kier alpha value is -3.10. The summed E-state index contributed by atoms with van der Waals surface area (Å²) in [4.78, 5) is 30.2. The molecule has 1 amide bonds.